The van der Waals surface area contributed by atoms with Crippen molar-refractivity contribution in [1.29, 1.82) is 0 Å². The number of hydrogen-bond acceptors (Lipinski definition) is 8. The molecule has 4 unspecified atom stereocenters. The van der Waals surface area contributed by atoms with Gasteiger partial charge in [-0.05, 0) is 18.8 Å². The topological polar surface area (TPSA) is 237 Å². The van der Waals surface area contributed by atoms with Gasteiger partial charge in [-0.25, -0.2) is 4.79 Å². The molecule has 14 heteroatoms. The highest BCUT2D eigenvalue weighted by Crippen LogP contribution is 2.07. The summed E-state index contributed by atoms with van der Waals surface area (Å²) in [4.78, 5) is 70.9. The summed E-state index contributed by atoms with van der Waals surface area (Å²) in [6, 6.07) is -5.05. The molecule has 0 saturated heterocycles. The zero-order valence-corrected chi connectivity index (χ0v) is 18.9. The number of amides is 5. The van der Waals surface area contributed by atoms with Crippen molar-refractivity contribution in [2.75, 3.05) is 5.75 Å². The highest BCUT2D eigenvalue weighted by molar-refractivity contribution is 7.80. The first-order chi connectivity index (χ1) is 14.8. The summed E-state index contributed by atoms with van der Waals surface area (Å²) in [6.45, 7) is 3.56. The monoisotopic (exact) mass is 476 g/mol. The molecule has 13 nitrogen and oxygen atoms in total. The van der Waals surface area contributed by atoms with Gasteiger partial charge >= 0.3 is 5.97 Å². The van der Waals surface area contributed by atoms with Gasteiger partial charge in [0.05, 0.1) is 12.5 Å². The van der Waals surface area contributed by atoms with Crippen molar-refractivity contribution < 1.29 is 33.9 Å². The number of primary amides is 2. The van der Waals surface area contributed by atoms with Crippen LogP contribution >= 0.6 is 12.6 Å². The second-order valence-corrected chi connectivity index (χ2v) is 7.98. The summed E-state index contributed by atoms with van der Waals surface area (Å²) in [5.41, 5.74) is 15.8. The number of rotatable bonds is 15. The number of carboxylic acid groups (broad SMARTS) is 1. The molecule has 0 saturated carbocycles. The minimum Gasteiger partial charge on any atom is -0.480 e. The number of hydrogen-bond donors (Lipinski definition) is 8. The summed E-state index contributed by atoms with van der Waals surface area (Å²) in [5, 5.41) is 16.0. The molecule has 0 rings (SSSR count). The van der Waals surface area contributed by atoms with Crippen LogP contribution in [0.1, 0.15) is 39.5 Å². The lowest BCUT2D eigenvalue weighted by Crippen LogP contribution is -2.58. The molecule has 0 aromatic rings. The first-order valence-corrected chi connectivity index (χ1v) is 10.5. The molecule has 4 atom stereocenters. The van der Waals surface area contributed by atoms with Gasteiger partial charge in [-0.1, -0.05) is 13.8 Å². The zero-order valence-electron chi connectivity index (χ0n) is 18.0. The quantitative estimate of drug-likeness (QED) is 0.113. The number of aliphatic carboxylic acids is 1. The number of nitrogens with one attached hydrogen (secondary N) is 3. The summed E-state index contributed by atoms with van der Waals surface area (Å²) >= 11 is 3.87. The minimum atomic E-state index is -1.44. The van der Waals surface area contributed by atoms with Crippen LogP contribution in [0.3, 0.4) is 0 Å². The van der Waals surface area contributed by atoms with E-state index in [2.05, 4.69) is 28.6 Å². The number of carbonyl (C=O) groups is 6. The highest BCUT2D eigenvalue weighted by atomic mass is 32.1. The summed E-state index contributed by atoms with van der Waals surface area (Å²) in [7, 11) is 0. The fraction of sp³-hybridized carbons (Fsp3) is 0.667. The Labute approximate surface area is 191 Å². The van der Waals surface area contributed by atoms with E-state index in [4.69, 9.17) is 22.3 Å². The van der Waals surface area contributed by atoms with E-state index in [-0.39, 0.29) is 30.9 Å². The maximum Gasteiger partial charge on any atom is 0.327 e. The molecule has 182 valence electrons. The Kier molecular flexibility index (Phi) is 13.0. The largest absolute Gasteiger partial charge is 0.480 e. The summed E-state index contributed by atoms with van der Waals surface area (Å²) < 4.78 is 0. The van der Waals surface area contributed by atoms with E-state index in [1.807, 2.05) is 0 Å². The average Bonchev–Trinajstić information content (AvgIpc) is 2.67. The Morgan fingerprint density at radius 1 is 0.844 bits per heavy atom. The molecule has 0 aliphatic carbocycles. The van der Waals surface area contributed by atoms with Crippen molar-refractivity contribution in [3.05, 3.63) is 0 Å². The van der Waals surface area contributed by atoms with Gasteiger partial charge in [0.15, 0.2) is 0 Å². The van der Waals surface area contributed by atoms with E-state index >= 15 is 0 Å². The van der Waals surface area contributed by atoms with Gasteiger partial charge in [0.1, 0.15) is 18.1 Å². The van der Waals surface area contributed by atoms with Crippen molar-refractivity contribution in [1.82, 2.24) is 16.0 Å². The third-order valence-electron chi connectivity index (χ3n) is 4.21. The maximum atomic E-state index is 12.7. The van der Waals surface area contributed by atoms with Gasteiger partial charge in [-0.15, -0.1) is 0 Å². The third-order valence-corrected chi connectivity index (χ3v) is 4.58. The van der Waals surface area contributed by atoms with Crippen LogP contribution < -0.4 is 33.2 Å². The van der Waals surface area contributed by atoms with Gasteiger partial charge in [-0.2, -0.15) is 12.6 Å². The maximum absolute atomic E-state index is 12.7. The predicted molar refractivity (Wildman–Crippen MR) is 117 cm³/mol. The molecule has 0 spiro atoms. The first kappa shape index (κ1) is 29.1. The molecule has 0 aromatic heterocycles. The van der Waals surface area contributed by atoms with E-state index in [1.165, 1.54) is 0 Å². The number of carboxylic acids is 1. The Morgan fingerprint density at radius 3 is 1.78 bits per heavy atom. The molecule has 10 N–H and O–H groups in total. The summed E-state index contributed by atoms with van der Waals surface area (Å²) in [5.74, 6) is -5.59. The van der Waals surface area contributed by atoms with Crippen molar-refractivity contribution >= 4 is 48.1 Å². The Morgan fingerprint density at radius 2 is 1.34 bits per heavy atom. The first-order valence-electron chi connectivity index (χ1n) is 9.85. The lowest BCUT2D eigenvalue weighted by Gasteiger charge is -2.25. The second-order valence-electron chi connectivity index (χ2n) is 7.62. The van der Waals surface area contributed by atoms with Crippen molar-refractivity contribution in [2.45, 2.75) is 63.7 Å². The number of thiol groups is 1. The minimum absolute atomic E-state index is 0.0725. The van der Waals surface area contributed by atoms with E-state index in [0.717, 1.165) is 0 Å². The molecular formula is C18H32N6O7S. The number of nitrogens with two attached hydrogens (primary N) is 3. The van der Waals surface area contributed by atoms with Crippen LogP contribution in [0.2, 0.25) is 0 Å². The highest BCUT2D eigenvalue weighted by Gasteiger charge is 2.31. The molecular weight excluding hydrogens is 444 g/mol. The molecule has 0 fully saturated rings. The van der Waals surface area contributed by atoms with E-state index in [0.29, 0.717) is 0 Å². The lowest BCUT2D eigenvalue weighted by atomic mass is 10.0. The van der Waals surface area contributed by atoms with Gasteiger partial charge in [0.25, 0.3) is 0 Å². The predicted octanol–water partition coefficient (Wildman–Crippen LogP) is -3.03. The van der Waals surface area contributed by atoms with Crippen LogP contribution in [0.25, 0.3) is 0 Å². The third kappa shape index (κ3) is 11.5. The van der Waals surface area contributed by atoms with Crippen molar-refractivity contribution in [2.24, 2.45) is 23.1 Å². The molecule has 0 aromatic carbocycles. The van der Waals surface area contributed by atoms with Crippen LogP contribution in [0, 0.1) is 5.92 Å². The standard InChI is InChI=1S/C18H32N6O7S/c1-8(2)5-10(16(28)24-12(7-32)18(30)31)23-17(29)11(6-14(21)26)22-15(27)9(19)3-4-13(20)25/h8-12,32H,3-7,19H2,1-2H3,(H2,20,25)(H2,21,26)(H,22,27)(H,23,29)(H,24,28)(H,30,31). The molecule has 0 aliphatic heterocycles. The molecule has 32 heavy (non-hydrogen) atoms. The zero-order chi connectivity index (χ0) is 25.0. The van der Waals surface area contributed by atoms with Crippen LogP contribution in [-0.2, 0) is 28.8 Å². The van der Waals surface area contributed by atoms with Crippen molar-refractivity contribution in [3.8, 4) is 0 Å². The van der Waals surface area contributed by atoms with E-state index in [9.17, 15) is 28.8 Å². The average molecular weight is 477 g/mol. The molecule has 0 radical (unpaired) electrons. The van der Waals surface area contributed by atoms with Crippen LogP contribution in [-0.4, -0.2) is 70.5 Å². The Balaban J connectivity index is 5.41. The molecule has 5 amide bonds. The van der Waals surface area contributed by atoms with Gasteiger partial charge < -0.3 is 38.3 Å². The molecule has 0 aliphatic rings. The van der Waals surface area contributed by atoms with Gasteiger partial charge in [0, 0.05) is 12.2 Å². The fourth-order valence-electron chi connectivity index (χ4n) is 2.55. The summed E-state index contributed by atoms with van der Waals surface area (Å²) in [6.07, 6.45) is -0.672. The van der Waals surface area contributed by atoms with Crippen LogP contribution in [0.4, 0.5) is 0 Å². The second kappa shape index (κ2) is 14.2. The normalized spacial score (nSPS) is 14.5. The van der Waals surface area contributed by atoms with E-state index < -0.39 is 66.1 Å². The lowest BCUT2D eigenvalue weighted by molar-refractivity contribution is -0.141. The number of carbonyl (C=O) groups excluding carboxylic acids is 5. The van der Waals surface area contributed by atoms with Gasteiger partial charge in [0.2, 0.25) is 29.5 Å². The fourth-order valence-corrected chi connectivity index (χ4v) is 2.80. The van der Waals surface area contributed by atoms with Crippen LogP contribution in [0.15, 0.2) is 0 Å². The SMILES string of the molecule is CC(C)CC(NC(=O)C(CC(N)=O)NC(=O)C(N)CCC(N)=O)C(=O)NC(CS)C(=O)O. The Hall–Kier alpha value is -2.87. The van der Waals surface area contributed by atoms with Gasteiger partial charge in [-0.3, -0.25) is 24.0 Å². The smallest absolute Gasteiger partial charge is 0.327 e. The molecule has 0 bridgehead atoms. The Bertz CT molecular complexity index is 718. The molecule has 0 heterocycles. The van der Waals surface area contributed by atoms with Crippen LogP contribution in [0.5, 0.6) is 0 Å². The van der Waals surface area contributed by atoms with Crippen molar-refractivity contribution in [3.63, 3.8) is 0 Å². The van der Waals surface area contributed by atoms with E-state index in [1.54, 1.807) is 13.8 Å².